The first-order chi connectivity index (χ1) is 12.2. The Hall–Kier alpha value is -1.62. The van der Waals surface area contributed by atoms with E-state index in [2.05, 4.69) is 10.3 Å². The lowest BCUT2D eigenvalue weighted by Crippen LogP contribution is -2.40. The van der Waals surface area contributed by atoms with Gasteiger partial charge in [0.1, 0.15) is 0 Å². The first-order valence-corrected chi connectivity index (χ1v) is 9.28. The summed E-state index contributed by atoms with van der Waals surface area (Å²) in [5.74, 6) is -0.0925. The topological polar surface area (TPSA) is 45.2 Å². The lowest BCUT2D eigenvalue weighted by molar-refractivity contribution is 0.0642. The highest BCUT2D eigenvalue weighted by atomic mass is 35.5. The van der Waals surface area contributed by atoms with Gasteiger partial charge in [0.25, 0.3) is 5.91 Å². The van der Waals surface area contributed by atoms with Gasteiger partial charge in [0.05, 0.1) is 27.8 Å². The molecular formula is C19H21Cl2N3O. The second kappa shape index (κ2) is 8.65. The van der Waals surface area contributed by atoms with E-state index in [1.165, 1.54) is 0 Å². The van der Waals surface area contributed by atoms with E-state index in [4.69, 9.17) is 23.2 Å². The molecule has 3 rings (SSSR count). The fourth-order valence-corrected chi connectivity index (χ4v) is 3.55. The summed E-state index contributed by atoms with van der Waals surface area (Å²) in [6.45, 7) is 2.35. The Balaban J connectivity index is 1.91. The number of carbonyl (C=O) groups excluding carboxylic acids is 1. The van der Waals surface area contributed by atoms with Gasteiger partial charge in [-0.25, -0.2) is 0 Å². The summed E-state index contributed by atoms with van der Waals surface area (Å²) < 4.78 is 0. The largest absolute Gasteiger partial charge is 0.330 e. The zero-order valence-corrected chi connectivity index (χ0v) is 15.4. The van der Waals surface area contributed by atoms with Crippen LogP contribution in [0.3, 0.4) is 0 Å². The maximum absolute atomic E-state index is 13.3. The highest BCUT2D eigenvalue weighted by molar-refractivity contribution is 6.43. The van der Waals surface area contributed by atoms with Gasteiger partial charge < -0.3 is 10.2 Å². The Morgan fingerprint density at radius 3 is 2.84 bits per heavy atom. The van der Waals surface area contributed by atoms with E-state index < -0.39 is 0 Å². The first-order valence-electron chi connectivity index (χ1n) is 8.52. The van der Waals surface area contributed by atoms with Crippen LogP contribution in [-0.2, 0) is 6.54 Å². The predicted molar refractivity (Wildman–Crippen MR) is 101 cm³/mol. The Morgan fingerprint density at radius 2 is 2.04 bits per heavy atom. The number of rotatable bonds is 4. The quantitative estimate of drug-likeness (QED) is 0.869. The zero-order chi connectivity index (χ0) is 17.6. The van der Waals surface area contributed by atoms with E-state index in [-0.39, 0.29) is 11.9 Å². The molecule has 1 amide bonds. The summed E-state index contributed by atoms with van der Waals surface area (Å²) in [5, 5.41) is 4.10. The monoisotopic (exact) mass is 377 g/mol. The van der Waals surface area contributed by atoms with E-state index in [1.807, 2.05) is 23.1 Å². The molecule has 0 radical (unpaired) electrons. The van der Waals surface area contributed by atoms with E-state index >= 15 is 0 Å². The van der Waals surface area contributed by atoms with E-state index in [0.717, 1.165) is 38.0 Å². The normalized spacial score (nSPS) is 17.8. The molecule has 132 valence electrons. The van der Waals surface area contributed by atoms with Crippen LogP contribution in [0.1, 0.15) is 35.3 Å². The lowest BCUT2D eigenvalue weighted by Gasteiger charge is -2.31. The summed E-state index contributed by atoms with van der Waals surface area (Å²) >= 11 is 12.4. The third kappa shape index (κ3) is 4.51. The molecule has 2 aromatic rings. The lowest BCUT2D eigenvalue weighted by atomic mass is 10.0. The molecular weight excluding hydrogens is 357 g/mol. The highest BCUT2D eigenvalue weighted by Gasteiger charge is 2.27. The molecule has 1 unspecified atom stereocenters. The van der Waals surface area contributed by atoms with Crippen molar-refractivity contribution >= 4 is 29.1 Å². The van der Waals surface area contributed by atoms with Crippen LogP contribution < -0.4 is 5.32 Å². The second-order valence-corrected chi connectivity index (χ2v) is 6.98. The maximum Gasteiger partial charge on any atom is 0.256 e. The van der Waals surface area contributed by atoms with Crippen molar-refractivity contribution in [2.45, 2.75) is 31.8 Å². The van der Waals surface area contributed by atoms with Crippen molar-refractivity contribution in [3.63, 3.8) is 0 Å². The van der Waals surface area contributed by atoms with Crippen LogP contribution in [0.25, 0.3) is 0 Å². The van der Waals surface area contributed by atoms with Crippen LogP contribution in [0.2, 0.25) is 10.0 Å². The number of aromatic nitrogens is 1. The Morgan fingerprint density at radius 1 is 1.16 bits per heavy atom. The molecule has 25 heavy (non-hydrogen) atoms. The molecule has 1 fully saturated rings. The van der Waals surface area contributed by atoms with Gasteiger partial charge in [0.15, 0.2) is 0 Å². The molecule has 0 bridgehead atoms. The minimum Gasteiger partial charge on any atom is -0.330 e. The van der Waals surface area contributed by atoms with Crippen LogP contribution in [0.4, 0.5) is 0 Å². The average molecular weight is 378 g/mol. The molecule has 1 aromatic heterocycles. The smallest absolute Gasteiger partial charge is 0.256 e. The molecule has 1 aliphatic heterocycles. The standard InChI is InChI=1S/C19H21Cl2N3O/c20-17-8-3-7-16(18(17)21)19(25)24(13-14-5-1-2-11-23-14)15-6-4-10-22-12-9-15/h1-3,5,7-8,11,15,22H,4,6,9-10,12-13H2. The molecule has 1 atom stereocenters. The van der Waals surface area contributed by atoms with Gasteiger partial charge in [0, 0.05) is 12.2 Å². The van der Waals surface area contributed by atoms with Gasteiger partial charge >= 0.3 is 0 Å². The fourth-order valence-electron chi connectivity index (χ4n) is 3.17. The second-order valence-electron chi connectivity index (χ2n) is 6.19. The third-order valence-corrected chi connectivity index (χ3v) is 5.31. The maximum atomic E-state index is 13.3. The number of benzene rings is 1. The van der Waals surface area contributed by atoms with Crippen molar-refractivity contribution in [1.82, 2.24) is 15.2 Å². The molecule has 1 saturated heterocycles. The third-order valence-electron chi connectivity index (χ3n) is 4.49. The van der Waals surface area contributed by atoms with Crippen molar-refractivity contribution in [3.8, 4) is 0 Å². The van der Waals surface area contributed by atoms with Crippen molar-refractivity contribution in [2.75, 3.05) is 13.1 Å². The van der Waals surface area contributed by atoms with Crippen molar-refractivity contribution in [3.05, 3.63) is 63.9 Å². The van der Waals surface area contributed by atoms with E-state index in [0.29, 0.717) is 22.2 Å². The average Bonchev–Trinajstić information content (AvgIpc) is 2.92. The predicted octanol–water partition coefficient (Wildman–Crippen LogP) is 4.17. The molecule has 0 aliphatic carbocycles. The molecule has 0 spiro atoms. The number of amides is 1. The van der Waals surface area contributed by atoms with Crippen LogP contribution in [0.15, 0.2) is 42.6 Å². The molecule has 2 heterocycles. The van der Waals surface area contributed by atoms with Crippen LogP contribution in [-0.4, -0.2) is 34.9 Å². The Kier molecular flexibility index (Phi) is 6.29. The number of carbonyl (C=O) groups is 1. The minimum absolute atomic E-state index is 0.0925. The summed E-state index contributed by atoms with van der Waals surface area (Å²) in [6, 6.07) is 11.1. The van der Waals surface area contributed by atoms with Gasteiger partial charge in [0.2, 0.25) is 0 Å². The number of pyridine rings is 1. The SMILES string of the molecule is O=C(c1cccc(Cl)c1Cl)N(Cc1ccccn1)C1CCCNCC1. The van der Waals surface area contributed by atoms with Crippen molar-refractivity contribution in [2.24, 2.45) is 0 Å². The molecule has 1 N–H and O–H groups in total. The molecule has 1 aliphatic rings. The summed E-state index contributed by atoms with van der Waals surface area (Å²) in [4.78, 5) is 19.5. The van der Waals surface area contributed by atoms with Gasteiger partial charge in [-0.05, 0) is 56.6 Å². The number of nitrogens with zero attached hydrogens (tertiary/aromatic N) is 2. The first kappa shape index (κ1) is 18.2. The number of hydrogen-bond donors (Lipinski definition) is 1. The summed E-state index contributed by atoms with van der Waals surface area (Å²) in [7, 11) is 0. The Labute approximate surface area is 158 Å². The molecule has 6 heteroatoms. The summed E-state index contributed by atoms with van der Waals surface area (Å²) in [5.41, 5.74) is 1.31. The van der Waals surface area contributed by atoms with Crippen molar-refractivity contribution < 1.29 is 4.79 Å². The number of halogens is 2. The molecule has 1 aromatic carbocycles. The highest BCUT2D eigenvalue weighted by Crippen LogP contribution is 2.28. The van der Waals surface area contributed by atoms with Gasteiger partial charge in [-0.3, -0.25) is 9.78 Å². The van der Waals surface area contributed by atoms with Gasteiger partial charge in [-0.1, -0.05) is 35.3 Å². The fraction of sp³-hybridized carbons (Fsp3) is 0.368. The van der Waals surface area contributed by atoms with E-state index in [9.17, 15) is 4.79 Å². The minimum atomic E-state index is -0.0925. The molecule has 4 nitrogen and oxygen atoms in total. The van der Waals surface area contributed by atoms with Crippen LogP contribution in [0, 0.1) is 0 Å². The van der Waals surface area contributed by atoms with Crippen LogP contribution >= 0.6 is 23.2 Å². The summed E-state index contributed by atoms with van der Waals surface area (Å²) in [6.07, 6.45) is 4.67. The Bertz CT molecular complexity index is 716. The van der Waals surface area contributed by atoms with E-state index in [1.54, 1.807) is 24.4 Å². The van der Waals surface area contributed by atoms with Crippen LogP contribution in [0.5, 0.6) is 0 Å². The zero-order valence-electron chi connectivity index (χ0n) is 13.9. The van der Waals surface area contributed by atoms with Gasteiger partial charge in [-0.15, -0.1) is 0 Å². The molecule has 0 saturated carbocycles. The van der Waals surface area contributed by atoms with Gasteiger partial charge in [-0.2, -0.15) is 0 Å². The number of nitrogens with one attached hydrogen (secondary N) is 1. The van der Waals surface area contributed by atoms with Crippen molar-refractivity contribution in [1.29, 1.82) is 0 Å². The number of hydrogen-bond acceptors (Lipinski definition) is 3.